The van der Waals surface area contributed by atoms with E-state index in [1.165, 1.54) is 16.7 Å². The van der Waals surface area contributed by atoms with E-state index < -0.39 is 0 Å². The summed E-state index contributed by atoms with van der Waals surface area (Å²) in [5.74, 6) is 0.197. The molecule has 0 radical (unpaired) electrons. The molecule has 0 heterocycles. The van der Waals surface area contributed by atoms with Crippen molar-refractivity contribution in [3.05, 3.63) is 32.8 Å². The summed E-state index contributed by atoms with van der Waals surface area (Å²) in [6.07, 6.45) is 0.556. The number of halogens is 1. The Hall–Kier alpha value is -0.630. The van der Waals surface area contributed by atoms with Gasteiger partial charge in [-0.3, -0.25) is 4.79 Å². The van der Waals surface area contributed by atoms with Crippen LogP contribution in [0.15, 0.2) is 10.5 Å². The minimum absolute atomic E-state index is 0.197. The number of Topliss-reactive ketones (excluding diaryl/α,β-unsaturated/α-hetero) is 1. The van der Waals surface area contributed by atoms with E-state index in [1.54, 1.807) is 0 Å². The summed E-state index contributed by atoms with van der Waals surface area (Å²) in [5.41, 5.74) is 4.42. The summed E-state index contributed by atoms with van der Waals surface area (Å²) in [6, 6.07) is 1.97. The summed E-state index contributed by atoms with van der Waals surface area (Å²) in [6.45, 7) is 8.05. The quantitative estimate of drug-likeness (QED) is 0.731. The molecule has 0 aliphatic heterocycles. The third kappa shape index (κ3) is 1.90. The summed E-state index contributed by atoms with van der Waals surface area (Å²) >= 11 is 3.49. The van der Waals surface area contributed by atoms with Crippen LogP contribution in [0.3, 0.4) is 0 Å². The molecule has 0 unspecified atom stereocenters. The molecule has 0 fully saturated rings. The summed E-state index contributed by atoms with van der Waals surface area (Å²) < 4.78 is 0.951. The zero-order chi connectivity index (χ0) is 10.9. The fraction of sp³-hybridized carbons (Fsp3) is 0.417. The van der Waals surface area contributed by atoms with Gasteiger partial charge in [-0.2, -0.15) is 0 Å². The Morgan fingerprint density at radius 3 is 2.36 bits per heavy atom. The van der Waals surface area contributed by atoms with Gasteiger partial charge in [0.25, 0.3) is 0 Å². The van der Waals surface area contributed by atoms with Crippen LogP contribution >= 0.6 is 15.9 Å². The van der Waals surface area contributed by atoms with Gasteiger partial charge in [0, 0.05) is 16.5 Å². The second kappa shape index (κ2) is 4.26. The van der Waals surface area contributed by atoms with E-state index in [4.69, 9.17) is 0 Å². The van der Waals surface area contributed by atoms with Gasteiger partial charge >= 0.3 is 0 Å². The Balaban J connectivity index is 3.40. The second-order valence-corrected chi connectivity index (χ2v) is 4.37. The van der Waals surface area contributed by atoms with E-state index in [0.29, 0.717) is 6.42 Å². The molecule has 0 amide bonds. The van der Waals surface area contributed by atoms with Crippen molar-refractivity contribution in [3.63, 3.8) is 0 Å². The lowest BCUT2D eigenvalue weighted by Crippen LogP contribution is -2.02. The van der Waals surface area contributed by atoms with Crippen molar-refractivity contribution in [2.24, 2.45) is 0 Å². The highest BCUT2D eigenvalue weighted by atomic mass is 79.9. The van der Waals surface area contributed by atoms with Crippen LogP contribution in [0.2, 0.25) is 0 Å². The van der Waals surface area contributed by atoms with Crippen LogP contribution in [-0.4, -0.2) is 5.78 Å². The van der Waals surface area contributed by atoms with Crippen molar-refractivity contribution in [2.45, 2.75) is 34.1 Å². The number of rotatable bonds is 2. The monoisotopic (exact) mass is 254 g/mol. The molecule has 1 rings (SSSR count). The average Bonchev–Trinajstić information content (AvgIpc) is 2.19. The minimum Gasteiger partial charge on any atom is -0.294 e. The van der Waals surface area contributed by atoms with E-state index in [0.717, 1.165) is 10.0 Å². The van der Waals surface area contributed by atoms with E-state index in [-0.39, 0.29) is 5.78 Å². The van der Waals surface area contributed by atoms with Crippen LogP contribution in [0.25, 0.3) is 0 Å². The average molecular weight is 255 g/mol. The zero-order valence-electron chi connectivity index (χ0n) is 9.07. The molecule has 0 aliphatic carbocycles. The van der Waals surface area contributed by atoms with Crippen LogP contribution < -0.4 is 0 Å². The molecule has 1 aromatic rings. The number of carbonyl (C=O) groups excluding carboxylic acids is 1. The standard InChI is InChI=1S/C12H15BrO/c1-5-11(14)10-6-7(2)8(3)9(4)12(10)13/h6H,5H2,1-4H3. The molecule has 0 spiro atoms. The Morgan fingerprint density at radius 1 is 1.29 bits per heavy atom. The molecule has 14 heavy (non-hydrogen) atoms. The predicted molar refractivity (Wildman–Crippen MR) is 63.0 cm³/mol. The predicted octanol–water partition coefficient (Wildman–Crippen LogP) is 3.97. The van der Waals surface area contributed by atoms with Crippen molar-refractivity contribution in [1.29, 1.82) is 0 Å². The first-order valence-electron chi connectivity index (χ1n) is 4.78. The first kappa shape index (κ1) is 11.4. The number of hydrogen-bond acceptors (Lipinski definition) is 1. The zero-order valence-corrected chi connectivity index (χ0v) is 10.7. The summed E-state index contributed by atoms with van der Waals surface area (Å²) in [4.78, 5) is 11.6. The lowest BCUT2D eigenvalue weighted by molar-refractivity contribution is 0.0987. The van der Waals surface area contributed by atoms with E-state index >= 15 is 0 Å². The van der Waals surface area contributed by atoms with Gasteiger partial charge in [-0.15, -0.1) is 0 Å². The lowest BCUT2D eigenvalue weighted by Gasteiger charge is -2.11. The fourth-order valence-corrected chi connectivity index (χ4v) is 2.08. The maximum absolute atomic E-state index is 11.6. The molecular formula is C12H15BrO. The molecule has 0 saturated carbocycles. The highest BCUT2D eigenvalue weighted by molar-refractivity contribution is 9.10. The minimum atomic E-state index is 0.197. The molecule has 1 nitrogen and oxygen atoms in total. The van der Waals surface area contributed by atoms with Gasteiger partial charge in [-0.05, 0) is 59.5 Å². The van der Waals surface area contributed by atoms with E-state index in [2.05, 4.69) is 22.9 Å². The first-order valence-corrected chi connectivity index (χ1v) is 5.57. The highest BCUT2D eigenvalue weighted by Crippen LogP contribution is 2.27. The largest absolute Gasteiger partial charge is 0.294 e. The normalized spacial score (nSPS) is 10.4. The van der Waals surface area contributed by atoms with Crippen LogP contribution in [-0.2, 0) is 0 Å². The summed E-state index contributed by atoms with van der Waals surface area (Å²) in [5, 5.41) is 0. The lowest BCUT2D eigenvalue weighted by atomic mass is 9.98. The highest BCUT2D eigenvalue weighted by Gasteiger charge is 2.12. The van der Waals surface area contributed by atoms with Crippen molar-refractivity contribution in [3.8, 4) is 0 Å². The van der Waals surface area contributed by atoms with Gasteiger partial charge in [-0.1, -0.05) is 6.92 Å². The molecule has 2 heteroatoms. The molecule has 0 bridgehead atoms. The molecule has 76 valence electrons. The smallest absolute Gasteiger partial charge is 0.163 e. The SMILES string of the molecule is CCC(=O)c1cc(C)c(C)c(C)c1Br. The number of ketones is 1. The van der Waals surface area contributed by atoms with Crippen LogP contribution in [0.4, 0.5) is 0 Å². The molecule has 1 aromatic carbocycles. The van der Waals surface area contributed by atoms with Crippen LogP contribution in [0.5, 0.6) is 0 Å². The van der Waals surface area contributed by atoms with Crippen molar-refractivity contribution < 1.29 is 4.79 Å². The number of aryl methyl sites for hydroxylation is 1. The Kier molecular flexibility index (Phi) is 3.48. The van der Waals surface area contributed by atoms with E-state index in [9.17, 15) is 4.79 Å². The van der Waals surface area contributed by atoms with Gasteiger partial charge in [-0.25, -0.2) is 0 Å². The molecule has 0 aromatic heterocycles. The van der Waals surface area contributed by atoms with Gasteiger partial charge in [0.15, 0.2) is 5.78 Å². The fourth-order valence-electron chi connectivity index (χ4n) is 1.44. The molecular weight excluding hydrogens is 240 g/mol. The molecule has 0 atom stereocenters. The molecule has 0 aliphatic rings. The number of benzene rings is 1. The van der Waals surface area contributed by atoms with Gasteiger partial charge in [0.05, 0.1) is 0 Å². The Morgan fingerprint density at radius 2 is 1.86 bits per heavy atom. The topological polar surface area (TPSA) is 17.1 Å². The van der Waals surface area contributed by atoms with Crippen LogP contribution in [0.1, 0.15) is 40.4 Å². The van der Waals surface area contributed by atoms with E-state index in [1.807, 2.05) is 26.8 Å². The maximum Gasteiger partial charge on any atom is 0.163 e. The first-order chi connectivity index (χ1) is 6.49. The molecule has 0 N–H and O–H groups in total. The number of hydrogen-bond donors (Lipinski definition) is 0. The van der Waals surface area contributed by atoms with Crippen molar-refractivity contribution in [2.75, 3.05) is 0 Å². The second-order valence-electron chi connectivity index (χ2n) is 3.58. The maximum atomic E-state index is 11.6. The molecule has 0 saturated heterocycles. The van der Waals surface area contributed by atoms with Gasteiger partial charge in [0.1, 0.15) is 0 Å². The van der Waals surface area contributed by atoms with Crippen molar-refractivity contribution >= 4 is 21.7 Å². The van der Waals surface area contributed by atoms with Crippen molar-refractivity contribution in [1.82, 2.24) is 0 Å². The van der Waals surface area contributed by atoms with Crippen LogP contribution in [0, 0.1) is 20.8 Å². The third-order valence-corrected chi connectivity index (χ3v) is 3.72. The Bertz CT molecular complexity index is 380. The summed E-state index contributed by atoms with van der Waals surface area (Å²) in [7, 11) is 0. The van der Waals surface area contributed by atoms with Gasteiger partial charge < -0.3 is 0 Å². The number of carbonyl (C=O) groups is 1. The Labute approximate surface area is 93.7 Å². The van der Waals surface area contributed by atoms with Gasteiger partial charge in [0.2, 0.25) is 0 Å². The third-order valence-electron chi connectivity index (χ3n) is 2.70.